The Kier molecular flexibility index (Phi) is 3.06. The fourth-order valence-electron chi connectivity index (χ4n) is 1.80. The minimum Gasteiger partial charge on any atom is -0.289 e. The van der Waals surface area contributed by atoms with Crippen LogP contribution in [0.1, 0.15) is 35.2 Å². The molecule has 1 aliphatic carbocycles. The molecule has 0 aliphatic heterocycles. The number of benzene rings is 1. The van der Waals surface area contributed by atoms with Gasteiger partial charge in [0, 0.05) is 10.0 Å². The van der Waals surface area contributed by atoms with E-state index >= 15 is 0 Å². The van der Waals surface area contributed by atoms with E-state index in [1.54, 1.807) is 0 Å². The van der Waals surface area contributed by atoms with Gasteiger partial charge in [-0.15, -0.1) is 0 Å². The van der Waals surface area contributed by atoms with Crippen LogP contribution in [0, 0.1) is 6.92 Å². The molecule has 0 bridgehead atoms. The predicted molar refractivity (Wildman–Crippen MR) is 65.1 cm³/mol. The Bertz CT molecular complexity index is 432. The molecule has 0 radical (unpaired) electrons. The average Bonchev–Trinajstić information content (AvgIpc) is 2.74. The van der Waals surface area contributed by atoms with Crippen LogP contribution in [0.5, 0.6) is 0 Å². The zero-order chi connectivity index (χ0) is 10.8. The molecule has 1 aliphatic rings. The third kappa shape index (κ3) is 2.20. The minimum atomic E-state index is 0.188. The number of halogens is 1. The summed E-state index contributed by atoms with van der Waals surface area (Å²) in [6.45, 7) is 2.02. The monoisotopic (exact) mass is 264 g/mol. The zero-order valence-electron chi connectivity index (χ0n) is 8.72. The van der Waals surface area contributed by atoms with Gasteiger partial charge in [0.2, 0.25) is 0 Å². The van der Waals surface area contributed by atoms with Gasteiger partial charge in [-0.05, 0) is 43.4 Å². The Balaban J connectivity index is 2.29. The fourth-order valence-corrected chi connectivity index (χ4v) is 2.18. The predicted octanol–water partition coefficient (Wildman–Crippen LogP) is 4.05. The molecule has 0 saturated carbocycles. The highest BCUT2D eigenvalue weighted by atomic mass is 79.9. The lowest BCUT2D eigenvalue weighted by atomic mass is 10.0. The normalized spacial score (nSPS) is 15.2. The van der Waals surface area contributed by atoms with Crippen LogP contribution < -0.4 is 0 Å². The molecule has 0 atom stereocenters. The van der Waals surface area contributed by atoms with Gasteiger partial charge in [-0.25, -0.2) is 0 Å². The number of allylic oxidation sites excluding steroid dienone is 2. The SMILES string of the molecule is Cc1ccc(C(=O)C2=CCCC2)cc1Br. The van der Waals surface area contributed by atoms with E-state index in [4.69, 9.17) is 0 Å². The lowest BCUT2D eigenvalue weighted by molar-refractivity contribution is 0.103. The molecule has 2 rings (SSSR count). The number of Topliss-reactive ketones (excluding diaryl/α,β-unsaturated/α-hetero) is 1. The van der Waals surface area contributed by atoms with Gasteiger partial charge in [0.05, 0.1) is 0 Å². The molecule has 2 heteroatoms. The maximum atomic E-state index is 12.0. The van der Waals surface area contributed by atoms with Crippen molar-refractivity contribution in [2.45, 2.75) is 26.2 Å². The number of rotatable bonds is 2. The van der Waals surface area contributed by atoms with E-state index in [2.05, 4.69) is 22.0 Å². The van der Waals surface area contributed by atoms with Crippen LogP contribution in [0.25, 0.3) is 0 Å². The van der Waals surface area contributed by atoms with Crippen LogP contribution in [0.15, 0.2) is 34.3 Å². The largest absolute Gasteiger partial charge is 0.289 e. The van der Waals surface area contributed by atoms with Gasteiger partial charge >= 0.3 is 0 Å². The number of carbonyl (C=O) groups is 1. The average molecular weight is 265 g/mol. The van der Waals surface area contributed by atoms with E-state index in [1.807, 2.05) is 25.1 Å². The van der Waals surface area contributed by atoms with Crippen LogP contribution >= 0.6 is 15.9 Å². The quantitative estimate of drug-likeness (QED) is 0.737. The molecule has 0 saturated heterocycles. The third-order valence-electron chi connectivity index (χ3n) is 2.77. The fraction of sp³-hybridized carbons (Fsp3) is 0.308. The number of carbonyl (C=O) groups excluding carboxylic acids is 1. The summed E-state index contributed by atoms with van der Waals surface area (Å²) >= 11 is 3.45. The summed E-state index contributed by atoms with van der Waals surface area (Å²) in [6, 6.07) is 5.80. The Morgan fingerprint density at radius 2 is 2.20 bits per heavy atom. The first-order valence-electron chi connectivity index (χ1n) is 5.18. The highest BCUT2D eigenvalue weighted by Crippen LogP contribution is 2.24. The summed E-state index contributed by atoms with van der Waals surface area (Å²) in [6.07, 6.45) is 5.17. The van der Waals surface area contributed by atoms with Crippen molar-refractivity contribution in [3.63, 3.8) is 0 Å². The zero-order valence-corrected chi connectivity index (χ0v) is 10.3. The molecule has 1 nitrogen and oxygen atoms in total. The van der Waals surface area contributed by atoms with Crippen molar-refractivity contribution in [2.75, 3.05) is 0 Å². The second-order valence-corrected chi connectivity index (χ2v) is 4.77. The molecule has 78 valence electrons. The van der Waals surface area contributed by atoms with Crippen molar-refractivity contribution < 1.29 is 4.79 Å². The Morgan fingerprint density at radius 3 is 2.80 bits per heavy atom. The van der Waals surface area contributed by atoms with Gasteiger partial charge < -0.3 is 0 Å². The number of hydrogen-bond acceptors (Lipinski definition) is 1. The van der Waals surface area contributed by atoms with Gasteiger partial charge in [-0.2, -0.15) is 0 Å². The molecule has 0 N–H and O–H groups in total. The van der Waals surface area contributed by atoms with E-state index in [0.29, 0.717) is 0 Å². The molecule has 0 aromatic heterocycles. The Morgan fingerprint density at radius 1 is 1.40 bits per heavy atom. The van der Waals surface area contributed by atoms with Crippen molar-refractivity contribution in [3.8, 4) is 0 Å². The molecular formula is C13H13BrO. The third-order valence-corrected chi connectivity index (χ3v) is 3.62. The van der Waals surface area contributed by atoms with E-state index in [9.17, 15) is 4.79 Å². The summed E-state index contributed by atoms with van der Waals surface area (Å²) in [4.78, 5) is 12.0. The van der Waals surface area contributed by atoms with Gasteiger partial charge in [0.1, 0.15) is 0 Å². The maximum absolute atomic E-state index is 12.0. The number of ketones is 1. The van der Waals surface area contributed by atoms with Crippen LogP contribution in [-0.4, -0.2) is 5.78 Å². The standard InChI is InChI=1S/C13H13BrO/c1-9-6-7-11(8-12(9)14)13(15)10-4-2-3-5-10/h4,6-8H,2-3,5H2,1H3. The van der Waals surface area contributed by atoms with Gasteiger partial charge in [0.15, 0.2) is 5.78 Å². The lowest BCUT2D eigenvalue weighted by Gasteiger charge is -2.04. The van der Waals surface area contributed by atoms with E-state index in [0.717, 1.165) is 40.4 Å². The second kappa shape index (κ2) is 4.31. The van der Waals surface area contributed by atoms with Crippen molar-refractivity contribution in [1.82, 2.24) is 0 Å². The van der Waals surface area contributed by atoms with Crippen molar-refractivity contribution >= 4 is 21.7 Å². The molecule has 0 spiro atoms. The van der Waals surface area contributed by atoms with Crippen LogP contribution in [-0.2, 0) is 0 Å². The van der Waals surface area contributed by atoms with Gasteiger partial charge in [0.25, 0.3) is 0 Å². The summed E-state index contributed by atoms with van der Waals surface area (Å²) in [5.41, 5.74) is 2.93. The Labute approximate surface area is 98.3 Å². The molecule has 1 aromatic carbocycles. The molecule has 0 fully saturated rings. The first-order chi connectivity index (χ1) is 7.18. The topological polar surface area (TPSA) is 17.1 Å². The van der Waals surface area contributed by atoms with Crippen LogP contribution in [0.2, 0.25) is 0 Å². The number of aryl methyl sites for hydroxylation is 1. The summed E-state index contributed by atoms with van der Waals surface area (Å²) in [5.74, 6) is 0.188. The first-order valence-corrected chi connectivity index (χ1v) is 5.97. The van der Waals surface area contributed by atoms with Crippen LogP contribution in [0.3, 0.4) is 0 Å². The smallest absolute Gasteiger partial charge is 0.188 e. The maximum Gasteiger partial charge on any atom is 0.188 e. The molecule has 0 amide bonds. The summed E-state index contributed by atoms with van der Waals surface area (Å²) in [7, 11) is 0. The molecular weight excluding hydrogens is 252 g/mol. The number of hydrogen-bond donors (Lipinski definition) is 0. The van der Waals surface area contributed by atoms with Gasteiger partial charge in [-0.3, -0.25) is 4.79 Å². The first kappa shape index (κ1) is 10.6. The summed E-state index contributed by atoms with van der Waals surface area (Å²) < 4.78 is 1.01. The highest BCUT2D eigenvalue weighted by molar-refractivity contribution is 9.10. The Hall–Kier alpha value is -0.890. The second-order valence-electron chi connectivity index (χ2n) is 3.91. The minimum absolute atomic E-state index is 0.188. The molecule has 15 heavy (non-hydrogen) atoms. The molecule has 0 heterocycles. The molecule has 1 aromatic rings. The summed E-state index contributed by atoms with van der Waals surface area (Å²) in [5, 5.41) is 0. The van der Waals surface area contributed by atoms with Crippen molar-refractivity contribution in [2.24, 2.45) is 0 Å². The van der Waals surface area contributed by atoms with E-state index in [1.165, 1.54) is 0 Å². The van der Waals surface area contributed by atoms with Crippen LogP contribution in [0.4, 0.5) is 0 Å². The molecule has 0 unspecified atom stereocenters. The van der Waals surface area contributed by atoms with Crippen molar-refractivity contribution in [1.29, 1.82) is 0 Å². The van der Waals surface area contributed by atoms with E-state index in [-0.39, 0.29) is 5.78 Å². The lowest BCUT2D eigenvalue weighted by Crippen LogP contribution is -2.01. The van der Waals surface area contributed by atoms with Gasteiger partial charge in [-0.1, -0.05) is 34.1 Å². The highest BCUT2D eigenvalue weighted by Gasteiger charge is 2.15. The van der Waals surface area contributed by atoms with Crippen molar-refractivity contribution in [3.05, 3.63) is 45.4 Å². The van der Waals surface area contributed by atoms with E-state index < -0.39 is 0 Å².